The Morgan fingerprint density at radius 1 is 1.40 bits per heavy atom. The Labute approximate surface area is 90.5 Å². The molecule has 1 aliphatic rings. The first kappa shape index (κ1) is 12.4. The molecule has 1 rings (SSSR count). The lowest BCUT2D eigenvalue weighted by atomic mass is 10.1. The monoisotopic (exact) mass is 234 g/mol. The predicted octanol–water partition coefficient (Wildman–Crippen LogP) is -0.772. The molecule has 1 amide bonds. The quantitative estimate of drug-likeness (QED) is 0.695. The summed E-state index contributed by atoms with van der Waals surface area (Å²) in [6.07, 6.45) is 0.655. The van der Waals surface area contributed by atoms with Crippen molar-refractivity contribution < 1.29 is 13.2 Å². The van der Waals surface area contributed by atoms with Crippen LogP contribution in [-0.2, 0) is 14.6 Å². The van der Waals surface area contributed by atoms with Crippen LogP contribution < -0.4 is 5.73 Å². The maximum atomic E-state index is 11.8. The van der Waals surface area contributed by atoms with Gasteiger partial charge >= 0.3 is 0 Å². The highest BCUT2D eigenvalue weighted by molar-refractivity contribution is 7.91. The Kier molecular flexibility index (Phi) is 4.10. The molecule has 0 spiro atoms. The van der Waals surface area contributed by atoms with E-state index in [1.165, 1.54) is 0 Å². The molecule has 1 atom stereocenters. The Hall–Kier alpha value is -0.620. The maximum absolute atomic E-state index is 11.8. The summed E-state index contributed by atoms with van der Waals surface area (Å²) in [6, 6.07) is 0. The Morgan fingerprint density at radius 3 is 2.40 bits per heavy atom. The summed E-state index contributed by atoms with van der Waals surface area (Å²) in [5, 5.41) is 0. The molecule has 0 bridgehead atoms. The van der Waals surface area contributed by atoms with Gasteiger partial charge in [-0.05, 0) is 13.0 Å². The van der Waals surface area contributed by atoms with Crippen LogP contribution >= 0.6 is 0 Å². The highest BCUT2D eigenvalue weighted by Gasteiger charge is 2.27. The number of rotatable bonds is 3. The normalized spacial score (nSPS) is 22.4. The zero-order valence-corrected chi connectivity index (χ0v) is 9.79. The van der Waals surface area contributed by atoms with Gasteiger partial charge in [-0.1, -0.05) is 6.92 Å². The van der Waals surface area contributed by atoms with Crippen molar-refractivity contribution in [1.82, 2.24) is 4.90 Å². The van der Waals surface area contributed by atoms with E-state index in [1.807, 2.05) is 6.92 Å². The smallest absolute Gasteiger partial charge is 0.225 e. The molecule has 1 aliphatic heterocycles. The number of sulfone groups is 1. The van der Waals surface area contributed by atoms with Crippen LogP contribution in [0.1, 0.15) is 13.3 Å². The summed E-state index contributed by atoms with van der Waals surface area (Å²) >= 11 is 0. The molecule has 1 heterocycles. The Morgan fingerprint density at radius 2 is 1.93 bits per heavy atom. The number of nitrogens with two attached hydrogens (primary N) is 1. The lowest BCUT2D eigenvalue weighted by molar-refractivity contribution is -0.134. The fourth-order valence-corrected chi connectivity index (χ4v) is 2.82. The van der Waals surface area contributed by atoms with Crippen molar-refractivity contribution in [3.8, 4) is 0 Å². The van der Waals surface area contributed by atoms with Crippen molar-refractivity contribution >= 4 is 15.7 Å². The Bertz CT molecular complexity index is 312. The summed E-state index contributed by atoms with van der Waals surface area (Å²) in [5.41, 5.74) is 5.37. The number of amides is 1. The van der Waals surface area contributed by atoms with Crippen molar-refractivity contribution in [2.45, 2.75) is 13.3 Å². The molecule has 0 aromatic carbocycles. The van der Waals surface area contributed by atoms with Crippen molar-refractivity contribution in [2.24, 2.45) is 11.7 Å². The molecular weight excluding hydrogens is 216 g/mol. The van der Waals surface area contributed by atoms with E-state index in [1.54, 1.807) is 4.90 Å². The molecule has 1 unspecified atom stereocenters. The third-order valence-electron chi connectivity index (χ3n) is 2.68. The minimum Gasteiger partial charge on any atom is -0.340 e. The van der Waals surface area contributed by atoms with Gasteiger partial charge in [0.2, 0.25) is 5.91 Å². The lowest BCUT2D eigenvalue weighted by Gasteiger charge is -2.29. The van der Waals surface area contributed by atoms with Crippen molar-refractivity contribution in [3.05, 3.63) is 0 Å². The van der Waals surface area contributed by atoms with Crippen LogP contribution in [0, 0.1) is 5.92 Å². The zero-order chi connectivity index (χ0) is 11.5. The third-order valence-corrected chi connectivity index (χ3v) is 4.29. The van der Waals surface area contributed by atoms with E-state index in [4.69, 9.17) is 5.73 Å². The highest BCUT2D eigenvalue weighted by Crippen LogP contribution is 2.10. The predicted molar refractivity (Wildman–Crippen MR) is 58.1 cm³/mol. The topological polar surface area (TPSA) is 80.5 Å². The van der Waals surface area contributed by atoms with Gasteiger partial charge in [0, 0.05) is 19.0 Å². The second-order valence-corrected chi connectivity index (χ2v) is 6.26. The molecule has 0 radical (unpaired) electrons. The largest absolute Gasteiger partial charge is 0.340 e. The van der Waals surface area contributed by atoms with Gasteiger partial charge in [-0.15, -0.1) is 0 Å². The molecule has 1 fully saturated rings. The van der Waals surface area contributed by atoms with E-state index in [2.05, 4.69) is 0 Å². The second kappa shape index (κ2) is 4.94. The van der Waals surface area contributed by atoms with Crippen LogP contribution in [-0.4, -0.2) is 50.4 Å². The highest BCUT2D eigenvalue weighted by atomic mass is 32.2. The van der Waals surface area contributed by atoms with Crippen LogP contribution in [0.3, 0.4) is 0 Å². The van der Waals surface area contributed by atoms with Gasteiger partial charge in [-0.3, -0.25) is 4.79 Å². The summed E-state index contributed by atoms with van der Waals surface area (Å²) in [5.74, 6) is 0.105. The fraction of sp³-hybridized carbons (Fsp3) is 0.889. The first-order chi connectivity index (χ1) is 6.96. The van der Waals surface area contributed by atoms with Gasteiger partial charge < -0.3 is 10.6 Å². The molecule has 0 aromatic heterocycles. The van der Waals surface area contributed by atoms with Crippen LogP contribution in [0.2, 0.25) is 0 Å². The third kappa shape index (κ3) is 3.46. The summed E-state index contributed by atoms with van der Waals surface area (Å²) in [7, 11) is -2.91. The molecule has 1 saturated heterocycles. The van der Waals surface area contributed by atoms with E-state index in [-0.39, 0.29) is 23.3 Å². The molecular formula is C9H18N2O3S. The van der Waals surface area contributed by atoms with Gasteiger partial charge in [-0.25, -0.2) is 8.42 Å². The van der Waals surface area contributed by atoms with Crippen LogP contribution in [0.5, 0.6) is 0 Å². The number of hydrogen-bond acceptors (Lipinski definition) is 4. The van der Waals surface area contributed by atoms with Crippen LogP contribution in [0.4, 0.5) is 0 Å². The lowest BCUT2D eigenvalue weighted by Crippen LogP contribution is -2.46. The average Bonchev–Trinajstić information content (AvgIpc) is 2.17. The van der Waals surface area contributed by atoms with Crippen molar-refractivity contribution in [2.75, 3.05) is 31.1 Å². The van der Waals surface area contributed by atoms with E-state index in [0.717, 1.165) is 0 Å². The molecule has 0 aromatic rings. The van der Waals surface area contributed by atoms with Crippen LogP contribution in [0.25, 0.3) is 0 Å². The number of carbonyl (C=O) groups excluding carboxylic acids is 1. The van der Waals surface area contributed by atoms with Crippen molar-refractivity contribution in [1.29, 1.82) is 0 Å². The molecule has 6 heteroatoms. The standard InChI is InChI=1S/C9H18N2O3S/c1-8(2-3-10)9(12)11-4-6-15(13,14)7-5-11/h8H,2-7,10H2,1H3. The minimum atomic E-state index is -2.91. The summed E-state index contributed by atoms with van der Waals surface area (Å²) in [4.78, 5) is 13.4. The number of hydrogen-bond donors (Lipinski definition) is 1. The molecule has 2 N–H and O–H groups in total. The molecule has 5 nitrogen and oxygen atoms in total. The van der Waals surface area contributed by atoms with Crippen LogP contribution in [0.15, 0.2) is 0 Å². The summed E-state index contributed by atoms with van der Waals surface area (Å²) in [6.45, 7) is 2.98. The number of nitrogens with zero attached hydrogens (tertiary/aromatic N) is 1. The van der Waals surface area contributed by atoms with Gasteiger partial charge in [0.25, 0.3) is 0 Å². The summed E-state index contributed by atoms with van der Waals surface area (Å²) < 4.78 is 22.3. The zero-order valence-electron chi connectivity index (χ0n) is 8.98. The van der Waals surface area contributed by atoms with E-state index in [0.29, 0.717) is 26.1 Å². The molecule has 0 saturated carbocycles. The van der Waals surface area contributed by atoms with Crippen molar-refractivity contribution in [3.63, 3.8) is 0 Å². The van der Waals surface area contributed by atoms with E-state index in [9.17, 15) is 13.2 Å². The van der Waals surface area contributed by atoms with Gasteiger partial charge in [0.1, 0.15) is 0 Å². The second-order valence-electron chi connectivity index (χ2n) is 3.96. The molecule has 0 aliphatic carbocycles. The fourth-order valence-electron chi connectivity index (χ4n) is 1.62. The first-order valence-electron chi connectivity index (χ1n) is 5.15. The van der Waals surface area contributed by atoms with Gasteiger partial charge in [0.15, 0.2) is 9.84 Å². The SMILES string of the molecule is CC(CCN)C(=O)N1CCS(=O)(=O)CC1. The maximum Gasteiger partial charge on any atom is 0.225 e. The van der Waals surface area contributed by atoms with E-state index >= 15 is 0 Å². The van der Waals surface area contributed by atoms with Gasteiger partial charge in [0.05, 0.1) is 11.5 Å². The van der Waals surface area contributed by atoms with E-state index < -0.39 is 9.84 Å². The minimum absolute atomic E-state index is 0.0235. The first-order valence-corrected chi connectivity index (χ1v) is 6.97. The molecule has 88 valence electrons. The number of carbonyl (C=O) groups is 1. The average molecular weight is 234 g/mol. The Balaban J connectivity index is 2.49. The van der Waals surface area contributed by atoms with Gasteiger partial charge in [-0.2, -0.15) is 0 Å². The molecule has 15 heavy (non-hydrogen) atoms.